The summed E-state index contributed by atoms with van der Waals surface area (Å²) in [6, 6.07) is 71.2. The zero-order valence-electron chi connectivity index (χ0n) is 29.8. The molecule has 0 bridgehead atoms. The molecule has 11 aromatic rings. The summed E-state index contributed by atoms with van der Waals surface area (Å²) in [6.45, 7) is 0. The van der Waals surface area contributed by atoms with Gasteiger partial charge in [0, 0.05) is 38.6 Å². The van der Waals surface area contributed by atoms with Crippen molar-refractivity contribution < 1.29 is 8.83 Å². The molecule has 2 aromatic heterocycles. The van der Waals surface area contributed by atoms with Crippen LogP contribution in [-0.2, 0) is 0 Å². The van der Waals surface area contributed by atoms with Gasteiger partial charge in [-0.15, -0.1) is 0 Å². The Hall–Kier alpha value is -7.36. The maximum Gasteiger partial charge on any atom is 0.135 e. The number of hydrogen-bond acceptors (Lipinski definition) is 3. The topological polar surface area (TPSA) is 29.5 Å². The van der Waals surface area contributed by atoms with E-state index >= 15 is 0 Å². The van der Waals surface area contributed by atoms with Crippen LogP contribution in [0.2, 0.25) is 0 Å². The van der Waals surface area contributed by atoms with E-state index in [0.29, 0.717) is 0 Å². The molecular weight excluding hydrogens is 671 g/mol. The molecule has 0 spiro atoms. The highest BCUT2D eigenvalue weighted by Crippen LogP contribution is 2.42. The van der Waals surface area contributed by atoms with Crippen LogP contribution in [-0.4, -0.2) is 0 Å². The molecule has 2 heterocycles. The van der Waals surface area contributed by atoms with Crippen LogP contribution in [0.25, 0.3) is 88.0 Å². The third-order valence-electron chi connectivity index (χ3n) is 10.8. The van der Waals surface area contributed by atoms with Crippen molar-refractivity contribution in [2.75, 3.05) is 4.90 Å². The highest BCUT2D eigenvalue weighted by atomic mass is 16.3. The number of benzene rings is 9. The quantitative estimate of drug-likeness (QED) is 0.173. The Morgan fingerprint density at radius 3 is 1.27 bits per heavy atom. The van der Waals surface area contributed by atoms with Gasteiger partial charge in [-0.25, -0.2) is 0 Å². The fraction of sp³-hybridized carbons (Fsp3) is 0. The molecular formula is C52H33NO2. The number of furan rings is 2. The Morgan fingerprint density at radius 1 is 0.255 bits per heavy atom. The molecule has 9 aromatic carbocycles. The van der Waals surface area contributed by atoms with E-state index in [1.807, 2.05) is 24.3 Å². The van der Waals surface area contributed by atoms with Crippen LogP contribution < -0.4 is 4.90 Å². The van der Waals surface area contributed by atoms with Gasteiger partial charge in [-0.1, -0.05) is 121 Å². The minimum Gasteiger partial charge on any atom is -0.456 e. The molecule has 0 fully saturated rings. The van der Waals surface area contributed by atoms with Gasteiger partial charge in [0.05, 0.1) is 0 Å². The number of para-hydroxylation sites is 2. The molecule has 0 aliphatic heterocycles. The fourth-order valence-electron chi connectivity index (χ4n) is 8.08. The Balaban J connectivity index is 0.979. The number of anilines is 3. The van der Waals surface area contributed by atoms with Gasteiger partial charge in [0.25, 0.3) is 0 Å². The Labute approximate surface area is 317 Å². The standard InChI is InChI=1S/C52H33NO2/c1-2-10-36-30-41(20-19-34(36)9-1)40-14-8-13-39(31-40)38-12-7-11-37(29-38)35-21-23-42(24-22-35)53(43-25-27-51-47(32-43)45-15-3-5-17-49(45)54-51)44-26-28-52-48(33-44)46-16-4-6-18-50(46)55-52/h1-33H. The molecule has 3 nitrogen and oxygen atoms in total. The van der Waals surface area contributed by atoms with Crippen LogP contribution in [0, 0.1) is 0 Å². The molecule has 0 N–H and O–H groups in total. The van der Waals surface area contributed by atoms with Gasteiger partial charge >= 0.3 is 0 Å². The molecule has 0 saturated carbocycles. The van der Waals surface area contributed by atoms with Gasteiger partial charge in [-0.3, -0.25) is 0 Å². The number of hydrogen-bond donors (Lipinski definition) is 0. The predicted molar refractivity (Wildman–Crippen MR) is 229 cm³/mol. The first-order valence-corrected chi connectivity index (χ1v) is 18.6. The Morgan fingerprint density at radius 2 is 0.691 bits per heavy atom. The largest absolute Gasteiger partial charge is 0.456 e. The number of rotatable bonds is 6. The van der Waals surface area contributed by atoms with Crippen LogP contribution in [0.5, 0.6) is 0 Å². The summed E-state index contributed by atoms with van der Waals surface area (Å²) in [7, 11) is 0. The molecule has 11 rings (SSSR count). The van der Waals surface area contributed by atoms with Crippen LogP contribution in [0.1, 0.15) is 0 Å². The second-order valence-corrected chi connectivity index (χ2v) is 14.2. The van der Waals surface area contributed by atoms with E-state index in [0.717, 1.165) is 66.5 Å². The lowest BCUT2D eigenvalue weighted by molar-refractivity contribution is 0.668. The van der Waals surface area contributed by atoms with E-state index in [1.165, 1.54) is 38.6 Å². The average molecular weight is 704 g/mol. The maximum absolute atomic E-state index is 6.21. The summed E-state index contributed by atoms with van der Waals surface area (Å²) in [5.74, 6) is 0. The predicted octanol–water partition coefficient (Wildman–Crippen LogP) is 15.1. The van der Waals surface area contributed by atoms with E-state index in [2.05, 4.69) is 181 Å². The van der Waals surface area contributed by atoms with E-state index in [-0.39, 0.29) is 0 Å². The molecule has 0 aliphatic carbocycles. The normalized spacial score (nSPS) is 11.6. The van der Waals surface area contributed by atoms with Gasteiger partial charge in [-0.05, 0) is 123 Å². The third-order valence-corrected chi connectivity index (χ3v) is 10.8. The van der Waals surface area contributed by atoms with Crippen LogP contribution >= 0.6 is 0 Å². The summed E-state index contributed by atoms with van der Waals surface area (Å²) in [4.78, 5) is 2.32. The molecule has 0 unspecified atom stereocenters. The highest BCUT2D eigenvalue weighted by molar-refractivity contribution is 6.08. The van der Waals surface area contributed by atoms with Crippen LogP contribution in [0.3, 0.4) is 0 Å². The summed E-state index contributed by atoms with van der Waals surface area (Å²) in [5.41, 5.74) is 13.8. The first-order chi connectivity index (χ1) is 27.2. The summed E-state index contributed by atoms with van der Waals surface area (Å²) in [5, 5.41) is 6.89. The van der Waals surface area contributed by atoms with Crippen LogP contribution in [0.4, 0.5) is 17.1 Å². The van der Waals surface area contributed by atoms with Gasteiger partial charge in [0.15, 0.2) is 0 Å². The van der Waals surface area contributed by atoms with Crippen molar-refractivity contribution in [1.82, 2.24) is 0 Å². The first kappa shape index (κ1) is 31.2. The van der Waals surface area contributed by atoms with Crippen molar-refractivity contribution >= 4 is 71.7 Å². The first-order valence-electron chi connectivity index (χ1n) is 18.6. The lowest BCUT2D eigenvalue weighted by Gasteiger charge is -2.26. The molecule has 0 radical (unpaired) electrons. The van der Waals surface area contributed by atoms with Gasteiger partial charge in [-0.2, -0.15) is 0 Å². The monoisotopic (exact) mass is 703 g/mol. The van der Waals surface area contributed by atoms with E-state index < -0.39 is 0 Å². The zero-order chi connectivity index (χ0) is 36.3. The number of nitrogens with zero attached hydrogens (tertiary/aromatic N) is 1. The Bertz CT molecular complexity index is 3110. The van der Waals surface area contributed by atoms with Gasteiger partial charge < -0.3 is 13.7 Å². The van der Waals surface area contributed by atoms with Crippen molar-refractivity contribution in [3.63, 3.8) is 0 Å². The van der Waals surface area contributed by atoms with Crippen molar-refractivity contribution in [2.24, 2.45) is 0 Å². The SMILES string of the molecule is c1cc(-c2ccc(N(c3ccc4oc5ccccc5c4c3)c3ccc4oc5ccccc5c4c3)cc2)cc(-c2cccc(-c3ccc4ccccc4c3)c2)c1. The molecule has 0 amide bonds. The van der Waals surface area contributed by atoms with Crippen molar-refractivity contribution in [1.29, 1.82) is 0 Å². The summed E-state index contributed by atoms with van der Waals surface area (Å²) < 4.78 is 12.4. The molecule has 0 atom stereocenters. The average Bonchev–Trinajstić information content (AvgIpc) is 3.82. The lowest BCUT2D eigenvalue weighted by Crippen LogP contribution is -2.09. The zero-order valence-corrected chi connectivity index (χ0v) is 29.8. The van der Waals surface area contributed by atoms with Gasteiger partial charge in [0.1, 0.15) is 22.3 Å². The molecule has 0 saturated heterocycles. The smallest absolute Gasteiger partial charge is 0.135 e. The van der Waals surface area contributed by atoms with E-state index in [9.17, 15) is 0 Å². The fourth-order valence-corrected chi connectivity index (χ4v) is 8.08. The van der Waals surface area contributed by atoms with Crippen molar-refractivity contribution in [3.05, 3.63) is 200 Å². The maximum atomic E-state index is 6.21. The molecule has 3 heteroatoms. The lowest BCUT2D eigenvalue weighted by atomic mass is 9.95. The van der Waals surface area contributed by atoms with Crippen LogP contribution in [0.15, 0.2) is 209 Å². The van der Waals surface area contributed by atoms with E-state index in [4.69, 9.17) is 8.83 Å². The Kier molecular flexibility index (Phi) is 7.17. The summed E-state index contributed by atoms with van der Waals surface area (Å²) >= 11 is 0. The second-order valence-electron chi connectivity index (χ2n) is 14.2. The number of fused-ring (bicyclic) bond motifs is 7. The van der Waals surface area contributed by atoms with Gasteiger partial charge in [0.2, 0.25) is 0 Å². The molecule has 0 aliphatic rings. The van der Waals surface area contributed by atoms with Crippen molar-refractivity contribution in [2.45, 2.75) is 0 Å². The minimum atomic E-state index is 0.874. The minimum absolute atomic E-state index is 0.874. The summed E-state index contributed by atoms with van der Waals surface area (Å²) in [6.07, 6.45) is 0. The van der Waals surface area contributed by atoms with E-state index in [1.54, 1.807) is 0 Å². The highest BCUT2D eigenvalue weighted by Gasteiger charge is 2.18. The molecule has 55 heavy (non-hydrogen) atoms. The van der Waals surface area contributed by atoms with Crippen molar-refractivity contribution in [3.8, 4) is 33.4 Å². The second kappa shape index (κ2) is 12.6. The third kappa shape index (κ3) is 5.45. The molecule has 258 valence electrons.